The standard InChI is InChI=1S/C14H18Cl2N2O2/c1-3-5-7-17-11(15)9-10(13(17)19)12(16)18(14(9)20)8-6-4-2/h3-8H2,1-2H3. The normalized spacial score (nSPS) is 18.8. The Morgan fingerprint density at radius 2 is 1.15 bits per heavy atom. The number of fused-ring (bicyclic) bond motifs is 1. The highest BCUT2D eigenvalue weighted by atomic mass is 35.5. The summed E-state index contributed by atoms with van der Waals surface area (Å²) in [6.45, 7) is 5.11. The summed E-state index contributed by atoms with van der Waals surface area (Å²) in [4.78, 5) is 27.6. The Morgan fingerprint density at radius 1 is 0.800 bits per heavy atom. The first-order valence-corrected chi connectivity index (χ1v) is 7.73. The molecule has 0 fully saturated rings. The van der Waals surface area contributed by atoms with E-state index in [2.05, 4.69) is 0 Å². The maximum atomic E-state index is 12.4. The molecule has 2 aliphatic rings. The van der Waals surface area contributed by atoms with Gasteiger partial charge in [0.1, 0.15) is 10.3 Å². The van der Waals surface area contributed by atoms with Gasteiger partial charge >= 0.3 is 0 Å². The number of hydrogen-bond donors (Lipinski definition) is 0. The lowest BCUT2D eigenvalue weighted by Crippen LogP contribution is -2.29. The van der Waals surface area contributed by atoms with E-state index >= 15 is 0 Å². The van der Waals surface area contributed by atoms with E-state index in [1.54, 1.807) is 0 Å². The lowest BCUT2D eigenvalue weighted by Gasteiger charge is -2.20. The van der Waals surface area contributed by atoms with Crippen molar-refractivity contribution >= 4 is 35.0 Å². The first-order valence-electron chi connectivity index (χ1n) is 6.98. The van der Waals surface area contributed by atoms with Crippen molar-refractivity contribution in [2.75, 3.05) is 13.1 Å². The molecule has 0 bridgehead atoms. The summed E-state index contributed by atoms with van der Waals surface area (Å²) < 4.78 is 0. The van der Waals surface area contributed by atoms with Crippen LogP contribution in [0.2, 0.25) is 0 Å². The summed E-state index contributed by atoms with van der Waals surface area (Å²) >= 11 is 12.4. The second kappa shape index (κ2) is 6.19. The zero-order valence-electron chi connectivity index (χ0n) is 11.7. The molecule has 6 heteroatoms. The molecule has 0 unspecified atom stereocenters. The molecule has 0 spiro atoms. The van der Waals surface area contributed by atoms with E-state index in [1.165, 1.54) is 9.80 Å². The quantitative estimate of drug-likeness (QED) is 0.706. The largest absolute Gasteiger partial charge is 0.298 e. The first kappa shape index (κ1) is 15.4. The van der Waals surface area contributed by atoms with E-state index in [4.69, 9.17) is 23.2 Å². The van der Waals surface area contributed by atoms with Crippen LogP contribution in [0.25, 0.3) is 0 Å². The van der Waals surface area contributed by atoms with Gasteiger partial charge in [-0.2, -0.15) is 0 Å². The van der Waals surface area contributed by atoms with Gasteiger partial charge in [-0.25, -0.2) is 0 Å². The summed E-state index contributed by atoms with van der Waals surface area (Å²) in [6.07, 6.45) is 3.58. The molecule has 2 aliphatic heterocycles. The Bertz CT molecular complexity index is 465. The molecule has 0 saturated carbocycles. The zero-order chi connectivity index (χ0) is 14.9. The molecule has 0 aromatic carbocycles. The van der Waals surface area contributed by atoms with Gasteiger partial charge in [0.15, 0.2) is 0 Å². The number of halogens is 2. The predicted molar refractivity (Wildman–Crippen MR) is 79.0 cm³/mol. The fraction of sp³-hybridized carbons (Fsp3) is 0.571. The Balaban J connectivity index is 2.30. The second-order valence-corrected chi connectivity index (χ2v) is 5.67. The first-order chi connectivity index (χ1) is 9.54. The van der Waals surface area contributed by atoms with Gasteiger partial charge in [-0.15, -0.1) is 0 Å². The van der Waals surface area contributed by atoms with Crippen molar-refractivity contribution in [1.29, 1.82) is 0 Å². The summed E-state index contributed by atoms with van der Waals surface area (Å²) in [5.74, 6) is -0.508. The maximum absolute atomic E-state index is 12.4. The van der Waals surface area contributed by atoms with E-state index in [0.29, 0.717) is 13.1 Å². The average Bonchev–Trinajstić information content (AvgIpc) is 2.82. The minimum Gasteiger partial charge on any atom is -0.298 e. The van der Waals surface area contributed by atoms with Crippen molar-refractivity contribution in [2.24, 2.45) is 0 Å². The summed E-state index contributed by atoms with van der Waals surface area (Å²) in [7, 11) is 0. The highest BCUT2D eigenvalue weighted by Gasteiger charge is 2.47. The molecule has 0 aromatic heterocycles. The van der Waals surface area contributed by atoms with Gasteiger partial charge in [0.2, 0.25) is 0 Å². The fourth-order valence-corrected chi connectivity index (χ4v) is 3.02. The Morgan fingerprint density at radius 3 is 1.45 bits per heavy atom. The highest BCUT2D eigenvalue weighted by Crippen LogP contribution is 2.42. The Kier molecular flexibility index (Phi) is 4.76. The third kappa shape index (κ3) is 2.35. The number of carbonyl (C=O) groups is 2. The van der Waals surface area contributed by atoms with Crippen LogP contribution in [-0.2, 0) is 9.59 Å². The molecular formula is C14H18Cl2N2O2. The average molecular weight is 317 g/mol. The molecule has 4 nitrogen and oxygen atoms in total. The second-order valence-electron chi connectivity index (χ2n) is 4.95. The molecule has 110 valence electrons. The number of nitrogens with zero attached hydrogens (tertiary/aromatic N) is 2. The fourth-order valence-electron chi connectivity index (χ4n) is 2.35. The predicted octanol–water partition coefficient (Wildman–Crippen LogP) is 3.17. The van der Waals surface area contributed by atoms with E-state index in [9.17, 15) is 9.59 Å². The smallest absolute Gasteiger partial charge is 0.262 e. The van der Waals surface area contributed by atoms with Crippen LogP contribution in [0, 0.1) is 0 Å². The number of hydrogen-bond acceptors (Lipinski definition) is 2. The van der Waals surface area contributed by atoms with Gasteiger partial charge in [0, 0.05) is 13.1 Å². The van der Waals surface area contributed by atoms with Gasteiger partial charge in [-0.1, -0.05) is 49.9 Å². The van der Waals surface area contributed by atoms with Gasteiger partial charge in [-0.3, -0.25) is 19.4 Å². The van der Waals surface area contributed by atoms with Crippen LogP contribution in [0.5, 0.6) is 0 Å². The van der Waals surface area contributed by atoms with Crippen molar-refractivity contribution in [3.05, 3.63) is 21.5 Å². The Labute approximate surface area is 129 Å². The van der Waals surface area contributed by atoms with Crippen molar-refractivity contribution in [3.63, 3.8) is 0 Å². The van der Waals surface area contributed by atoms with Crippen molar-refractivity contribution in [2.45, 2.75) is 39.5 Å². The van der Waals surface area contributed by atoms with Crippen LogP contribution >= 0.6 is 23.2 Å². The molecule has 2 heterocycles. The van der Waals surface area contributed by atoms with E-state index < -0.39 is 0 Å². The third-order valence-electron chi connectivity index (χ3n) is 3.53. The lowest BCUT2D eigenvalue weighted by atomic mass is 10.2. The van der Waals surface area contributed by atoms with Gasteiger partial charge < -0.3 is 0 Å². The van der Waals surface area contributed by atoms with Crippen molar-refractivity contribution in [3.8, 4) is 0 Å². The molecular weight excluding hydrogens is 299 g/mol. The molecule has 0 saturated heterocycles. The topological polar surface area (TPSA) is 40.6 Å². The summed E-state index contributed by atoms with van der Waals surface area (Å²) in [5, 5.41) is 0.446. The molecule has 0 aromatic rings. The summed E-state index contributed by atoms with van der Waals surface area (Å²) in [6, 6.07) is 0. The van der Waals surface area contributed by atoms with E-state index in [1.807, 2.05) is 13.8 Å². The van der Waals surface area contributed by atoms with Crippen LogP contribution in [0.3, 0.4) is 0 Å². The number of amides is 2. The molecule has 20 heavy (non-hydrogen) atoms. The minimum atomic E-state index is -0.254. The van der Waals surface area contributed by atoms with Crippen LogP contribution in [0.15, 0.2) is 21.5 Å². The molecule has 2 amide bonds. The number of unbranched alkanes of at least 4 members (excludes halogenated alkanes) is 2. The van der Waals surface area contributed by atoms with Crippen LogP contribution in [0.1, 0.15) is 39.5 Å². The number of carbonyl (C=O) groups excluding carboxylic acids is 2. The number of rotatable bonds is 6. The minimum absolute atomic E-state index is 0.223. The summed E-state index contributed by atoms with van der Waals surface area (Å²) in [5.41, 5.74) is 0.544. The van der Waals surface area contributed by atoms with Crippen LogP contribution in [-0.4, -0.2) is 34.7 Å². The third-order valence-corrected chi connectivity index (χ3v) is 4.31. The van der Waals surface area contributed by atoms with Crippen LogP contribution in [0.4, 0.5) is 0 Å². The van der Waals surface area contributed by atoms with Gasteiger partial charge in [0.05, 0.1) is 11.1 Å². The molecule has 2 rings (SSSR count). The lowest BCUT2D eigenvalue weighted by molar-refractivity contribution is -0.124. The zero-order valence-corrected chi connectivity index (χ0v) is 13.2. The van der Waals surface area contributed by atoms with Crippen molar-refractivity contribution in [1.82, 2.24) is 9.80 Å². The highest BCUT2D eigenvalue weighted by molar-refractivity contribution is 6.42. The van der Waals surface area contributed by atoms with Crippen LogP contribution < -0.4 is 0 Å². The molecule has 0 radical (unpaired) electrons. The maximum Gasteiger partial charge on any atom is 0.262 e. The van der Waals surface area contributed by atoms with Gasteiger partial charge in [-0.05, 0) is 12.8 Å². The SMILES string of the molecule is CCCCN1C(=O)C2=C(Cl)N(CCCC)C(=O)C2=C1Cl. The van der Waals surface area contributed by atoms with Gasteiger partial charge in [0.25, 0.3) is 11.8 Å². The van der Waals surface area contributed by atoms with E-state index in [0.717, 1.165) is 25.7 Å². The molecule has 0 atom stereocenters. The van der Waals surface area contributed by atoms with E-state index in [-0.39, 0.29) is 33.3 Å². The molecule has 0 aliphatic carbocycles. The monoisotopic (exact) mass is 316 g/mol. The van der Waals surface area contributed by atoms with Crippen molar-refractivity contribution < 1.29 is 9.59 Å². The Hall–Kier alpha value is -1.00. The molecule has 0 N–H and O–H groups in total.